The predicted molar refractivity (Wildman–Crippen MR) is 128 cm³/mol. The number of nitro groups is 1. The maximum atomic E-state index is 11.1. The van der Waals surface area contributed by atoms with Crippen LogP contribution in [0.3, 0.4) is 0 Å². The molecule has 0 aliphatic heterocycles. The molecule has 2 rings (SSSR count). The van der Waals surface area contributed by atoms with Crippen LogP contribution in [0.5, 0.6) is 11.5 Å². The van der Waals surface area contributed by atoms with Crippen LogP contribution in [0.4, 0.5) is 11.4 Å². The molecule has 0 aliphatic carbocycles. The number of nitro benzene ring substituents is 1. The van der Waals surface area contributed by atoms with E-state index in [9.17, 15) is 19.7 Å². The lowest BCUT2D eigenvalue weighted by Crippen LogP contribution is -2.14. The van der Waals surface area contributed by atoms with Crippen molar-refractivity contribution in [1.82, 2.24) is 0 Å². The second-order valence-electron chi connectivity index (χ2n) is 9.59. The number of ether oxygens (including phenoxy) is 2. The molecule has 34 heavy (non-hydrogen) atoms. The van der Waals surface area contributed by atoms with Gasteiger partial charge in [0.05, 0.1) is 24.8 Å². The fourth-order valence-corrected chi connectivity index (χ4v) is 3.03. The predicted octanol–water partition coefficient (Wildman–Crippen LogP) is 4.87. The second-order valence-corrected chi connectivity index (χ2v) is 9.59. The number of hydrogen-bond donors (Lipinski definition) is 3. The van der Waals surface area contributed by atoms with E-state index in [0.29, 0.717) is 11.3 Å². The number of nitrogens with two attached hydrogens (primary N) is 1. The smallest absolute Gasteiger partial charge is 0.339 e. The van der Waals surface area contributed by atoms with Crippen LogP contribution in [-0.4, -0.2) is 41.3 Å². The highest BCUT2D eigenvalue weighted by molar-refractivity contribution is 5.94. The Morgan fingerprint density at radius 1 is 0.824 bits per heavy atom. The van der Waals surface area contributed by atoms with Gasteiger partial charge in [0.1, 0.15) is 11.1 Å². The third-order valence-corrected chi connectivity index (χ3v) is 4.98. The number of carboxylic acids is 2. The first-order valence-corrected chi connectivity index (χ1v) is 10.3. The molecule has 0 bridgehead atoms. The number of rotatable bonds is 5. The number of methoxy groups -OCH3 is 2. The van der Waals surface area contributed by atoms with Gasteiger partial charge in [0.25, 0.3) is 0 Å². The van der Waals surface area contributed by atoms with E-state index in [1.807, 2.05) is 41.5 Å². The summed E-state index contributed by atoms with van der Waals surface area (Å²) < 4.78 is 9.84. The first kappa shape index (κ1) is 28.2. The Morgan fingerprint density at radius 2 is 1.21 bits per heavy atom. The van der Waals surface area contributed by atoms with Crippen LogP contribution in [-0.2, 0) is 10.8 Å². The maximum Gasteiger partial charge on any atom is 0.339 e. The Morgan fingerprint density at radius 3 is 1.53 bits per heavy atom. The van der Waals surface area contributed by atoms with E-state index < -0.39 is 16.9 Å². The lowest BCUT2D eigenvalue weighted by atomic mass is 9.85. The molecule has 0 aliphatic rings. The number of hydrogen-bond acceptors (Lipinski definition) is 7. The number of aromatic carboxylic acids is 2. The average Bonchev–Trinajstić information content (AvgIpc) is 2.70. The molecule has 0 atom stereocenters. The van der Waals surface area contributed by atoms with Crippen molar-refractivity contribution >= 4 is 23.3 Å². The number of carbonyl (C=O) groups is 2. The highest BCUT2D eigenvalue weighted by Crippen LogP contribution is 2.36. The number of anilines is 1. The molecule has 0 amide bonds. The van der Waals surface area contributed by atoms with Crippen molar-refractivity contribution in [2.45, 2.75) is 52.4 Å². The normalized spacial score (nSPS) is 11.2. The van der Waals surface area contributed by atoms with E-state index in [-0.39, 0.29) is 39.1 Å². The monoisotopic (exact) mass is 476 g/mol. The first-order valence-electron chi connectivity index (χ1n) is 10.3. The maximum absolute atomic E-state index is 11.1. The molecular formula is C24H32N2O8. The van der Waals surface area contributed by atoms with Crippen molar-refractivity contribution in [3.63, 3.8) is 0 Å². The Balaban J connectivity index is 0.000000342. The Hall–Kier alpha value is -3.82. The van der Waals surface area contributed by atoms with Gasteiger partial charge in [-0.3, -0.25) is 10.1 Å². The van der Waals surface area contributed by atoms with Crippen LogP contribution < -0.4 is 15.2 Å². The topological polar surface area (TPSA) is 162 Å². The van der Waals surface area contributed by atoms with Gasteiger partial charge in [0, 0.05) is 6.07 Å². The zero-order chi connectivity index (χ0) is 26.6. The van der Waals surface area contributed by atoms with Crippen LogP contribution in [0.2, 0.25) is 0 Å². The molecule has 0 radical (unpaired) electrons. The molecule has 0 saturated carbocycles. The molecule has 186 valence electrons. The average molecular weight is 477 g/mol. The van der Waals surface area contributed by atoms with Gasteiger partial charge in [-0.05, 0) is 40.2 Å². The molecule has 0 saturated heterocycles. The van der Waals surface area contributed by atoms with Crippen LogP contribution >= 0.6 is 0 Å². The summed E-state index contributed by atoms with van der Waals surface area (Å²) >= 11 is 0. The highest BCUT2D eigenvalue weighted by Gasteiger charge is 2.28. The molecule has 10 heteroatoms. The van der Waals surface area contributed by atoms with E-state index in [1.165, 1.54) is 26.4 Å². The third kappa shape index (κ3) is 6.60. The lowest BCUT2D eigenvalue weighted by molar-refractivity contribution is -0.385. The Bertz CT molecular complexity index is 1060. The van der Waals surface area contributed by atoms with Gasteiger partial charge in [-0.1, -0.05) is 41.5 Å². The molecule has 0 spiro atoms. The number of carboxylic acid groups (broad SMARTS) is 2. The quantitative estimate of drug-likeness (QED) is 0.310. The Kier molecular flexibility index (Phi) is 8.64. The third-order valence-electron chi connectivity index (χ3n) is 4.98. The van der Waals surface area contributed by atoms with Gasteiger partial charge in [-0.2, -0.15) is 0 Å². The van der Waals surface area contributed by atoms with Crippen molar-refractivity contribution in [3.8, 4) is 11.5 Å². The van der Waals surface area contributed by atoms with Crippen molar-refractivity contribution in [3.05, 3.63) is 56.6 Å². The summed E-state index contributed by atoms with van der Waals surface area (Å²) in [6, 6.07) is 6.13. The van der Waals surface area contributed by atoms with Gasteiger partial charge in [-0.15, -0.1) is 0 Å². The zero-order valence-electron chi connectivity index (χ0n) is 20.7. The summed E-state index contributed by atoms with van der Waals surface area (Å²) in [5.41, 5.74) is 6.63. The fraction of sp³-hybridized carbons (Fsp3) is 0.417. The fourth-order valence-electron chi connectivity index (χ4n) is 3.03. The molecule has 4 N–H and O–H groups in total. The molecule has 0 unspecified atom stereocenters. The van der Waals surface area contributed by atoms with Crippen LogP contribution in [0, 0.1) is 10.1 Å². The molecule has 2 aromatic rings. The molecule has 2 aromatic carbocycles. The molecule has 0 heterocycles. The summed E-state index contributed by atoms with van der Waals surface area (Å²) in [5.74, 6) is -2.28. The van der Waals surface area contributed by atoms with Crippen LogP contribution in [0.1, 0.15) is 73.4 Å². The summed E-state index contributed by atoms with van der Waals surface area (Å²) in [6.45, 7) is 11.6. The van der Waals surface area contributed by atoms with Gasteiger partial charge < -0.3 is 25.4 Å². The van der Waals surface area contributed by atoms with Crippen molar-refractivity contribution in [2.75, 3.05) is 20.0 Å². The molecule has 0 aromatic heterocycles. The number of nitrogen functional groups attached to an aromatic ring is 1. The summed E-state index contributed by atoms with van der Waals surface area (Å²) in [4.78, 5) is 32.5. The summed E-state index contributed by atoms with van der Waals surface area (Å²) in [7, 11) is 2.63. The van der Waals surface area contributed by atoms with E-state index >= 15 is 0 Å². The first-order chi connectivity index (χ1) is 15.4. The minimum atomic E-state index is -1.25. The van der Waals surface area contributed by atoms with Crippen LogP contribution in [0.25, 0.3) is 0 Å². The van der Waals surface area contributed by atoms with E-state index in [4.69, 9.17) is 25.4 Å². The second kappa shape index (κ2) is 10.4. The van der Waals surface area contributed by atoms with Gasteiger partial charge in [0.2, 0.25) is 5.75 Å². The van der Waals surface area contributed by atoms with Gasteiger partial charge >= 0.3 is 17.6 Å². The highest BCUT2D eigenvalue weighted by atomic mass is 16.6. The molecule has 0 fully saturated rings. The number of nitrogens with zero attached hydrogens (tertiary/aromatic N) is 1. The summed E-state index contributed by atoms with van der Waals surface area (Å²) in [6.07, 6.45) is 0. The Labute approximate surface area is 198 Å². The van der Waals surface area contributed by atoms with E-state index in [2.05, 4.69) is 0 Å². The SMILES string of the molecule is COc1c(C(=O)O)cc(C(C)(C)C)cc1[N+](=O)[O-].COc1c(N)cc(C(C)(C)C)cc1C(=O)O. The largest absolute Gasteiger partial charge is 0.494 e. The lowest BCUT2D eigenvalue weighted by Gasteiger charge is -2.21. The molecule has 10 nitrogen and oxygen atoms in total. The minimum Gasteiger partial charge on any atom is -0.494 e. The van der Waals surface area contributed by atoms with Gasteiger partial charge in [0.15, 0.2) is 5.75 Å². The van der Waals surface area contributed by atoms with Crippen molar-refractivity contribution in [1.29, 1.82) is 0 Å². The summed E-state index contributed by atoms with van der Waals surface area (Å²) in [5, 5.41) is 29.1. The van der Waals surface area contributed by atoms with Gasteiger partial charge in [-0.25, -0.2) is 9.59 Å². The zero-order valence-corrected chi connectivity index (χ0v) is 20.7. The van der Waals surface area contributed by atoms with Crippen LogP contribution in [0.15, 0.2) is 24.3 Å². The van der Waals surface area contributed by atoms with Crippen molar-refractivity contribution in [2.24, 2.45) is 0 Å². The number of benzene rings is 2. The standard InChI is InChI=1S/C12H15NO5.C12H17NO3/c1-12(2,3)7-5-8(11(14)15)10(18-4)9(6-7)13(16)17;1-12(2,3)7-5-8(11(14)15)10(16-4)9(13)6-7/h5-6H,1-4H3,(H,14,15);5-6H,13H2,1-4H3,(H,14,15). The van der Waals surface area contributed by atoms with Crippen molar-refractivity contribution < 1.29 is 34.2 Å². The molecular weight excluding hydrogens is 444 g/mol. The van der Waals surface area contributed by atoms with E-state index in [0.717, 1.165) is 5.56 Å². The van der Waals surface area contributed by atoms with E-state index in [1.54, 1.807) is 12.1 Å². The minimum absolute atomic E-state index is 0.104.